The average Bonchev–Trinajstić information content (AvgIpc) is 2.67. The number of carbonyl (C=O) groups excluding carboxylic acids is 1. The summed E-state index contributed by atoms with van der Waals surface area (Å²) in [5, 5.41) is 8.15. The van der Waals surface area contributed by atoms with Gasteiger partial charge in [-0.3, -0.25) is 0 Å². The smallest absolute Gasteiger partial charge is 0.477 e. The van der Waals surface area contributed by atoms with E-state index in [1.165, 1.54) is 0 Å². The zero-order valence-corrected chi connectivity index (χ0v) is 11.9. The number of carboxylic acids is 1. The molecule has 0 saturated heterocycles. The van der Waals surface area contributed by atoms with Crippen LogP contribution >= 0.6 is 11.3 Å². The van der Waals surface area contributed by atoms with E-state index in [0.29, 0.717) is 0 Å². The topological polar surface area (TPSA) is 97.8 Å². The van der Waals surface area contributed by atoms with Gasteiger partial charge in [0.05, 0.1) is 0 Å². The number of thiazole rings is 1. The highest BCUT2D eigenvalue weighted by Crippen LogP contribution is 2.36. The lowest BCUT2D eigenvalue weighted by Gasteiger charge is -2.18. The van der Waals surface area contributed by atoms with Crippen LogP contribution in [0.3, 0.4) is 0 Å². The second-order valence-electron chi connectivity index (χ2n) is 4.67. The zero-order chi connectivity index (χ0) is 16.4. The summed E-state index contributed by atoms with van der Waals surface area (Å²) < 4.78 is 42.4. The number of ether oxygens (including phenoxy) is 1. The summed E-state index contributed by atoms with van der Waals surface area (Å²) in [5.41, 5.74) is -0.606. The Morgan fingerprint density at radius 1 is 1.29 bits per heavy atom. The molecule has 0 spiro atoms. The molecule has 1 aromatic rings. The van der Waals surface area contributed by atoms with Crippen molar-refractivity contribution in [2.45, 2.75) is 32.5 Å². The molecule has 2 N–H and O–H groups in total. The molecule has 1 rings (SSSR count). The molecule has 11 heteroatoms. The van der Waals surface area contributed by atoms with Gasteiger partial charge in [-0.25, -0.2) is 14.6 Å². The number of hydrogen-bond acceptors (Lipinski definition) is 7. The van der Waals surface area contributed by atoms with Crippen LogP contribution in [0.4, 0.5) is 23.1 Å². The van der Waals surface area contributed by atoms with Crippen LogP contribution in [0.5, 0.6) is 0 Å². The van der Waals surface area contributed by atoms with Crippen LogP contribution in [0.1, 0.15) is 36.1 Å². The summed E-state index contributed by atoms with van der Waals surface area (Å²) in [5.74, 6) is -1.79. The molecule has 7 nitrogen and oxygen atoms in total. The first-order chi connectivity index (χ1) is 9.40. The van der Waals surface area contributed by atoms with Gasteiger partial charge in [0.25, 0.3) is 0 Å². The number of halogens is 3. The third-order valence-electron chi connectivity index (χ3n) is 1.70. The fraction of sp³-hybridized carbons (Fsp3) is 0.500. The number of aromatic nitrogens is 1. The van der Waals surface area contributed by atoms with E-state index < -0.39 is 39.6 Å². The maximum Gasteiger partial charge on any atom is 0.533 e. The van der Waals surface area contributed by atoms with E-state index in [1.54, 1.807) is 20.8 Å². The largest absolute Gasteiger partial charge is 0.533 e. The van der Waals surface area contributed by atoms with E-state index in [1.807, 2.05) is 5.48 Å². The van der Waals surface area contributed by atoms with Crippen molar-refractivity contribution < 1.29 is 37.4 Å². The standard InChI is InChI=1S/C10H11F3N2O5S/c1-9(2,3)19-8(18)20-15-7-14-5(10(11,12)13)4(21-7)6(16)17/h1-3H3,(H,14,15)(H,16,17). The van der Waals surface area contributed by atoms with Crippen molar-refractivity contribution in [3.8, 4) is 0 Å². The number of nitrogens with one attached hydrogen (secondary N) is 1. The molecule has 0 atom stereocenters. The number of anilines is 1. The van der Waals surface area contributed by atoms with Crippen molar-refractivity contribution in [2.75, 3.05) is 5.48 Å². The van der Waals surface area contributed by atoms with Crippen molar-refractivity contribution in [3.63, 3.8) is 0 Å². The molecular weight excluding hydrogens is 317 g/mol. The molecule has 1 heterocycles. The first-order valence-electron chi connectivity index (χ1n) is 5.37. The minimum Gasteiger partial charge on any atom is -0.477 e. The SMILES string of the molecule is CC(C)(C)OC(=O)ONc1nc(C(F)(F)F)c(C(=O)O)s1. The highest BCUT2D eigenvalue weighted by molar-refractivity contribution is 7.17. The Balaban J connectivity index is 2.82. The second kappa shape index (κ2) is 5.76. The second-order valence-corrected chi connectivity index (χ2v) is 5.67. The van der Waals surface area contributed by atoms with Crippen LogP contribution in [-0.4, -0.2) is 27.8 Å². The number of aromatic carboxylic acids is 1. The third-order valence-corrected chi connectivity index (χ3v) is 2.64. The highest BCUT2D eigenvalue weighted by Gasteiger charge is 2.40. The molecule has 118 valence electrons. The zero-order valence-electron chi connectivity index (χ0n) is 11.1. The molecule has 0 bridgehead atoms. The van der Waals surface area contributed by atoms with E-state index in [2.05, 4.69) is 9.82 Å². The fourth-order valence-corrected chi connectivity index (χ4v) is 1.82. The minimum absolute atomic E-state index is 0.180. The Hall–Kier alpha value is -2.04. The summed E-state index contributed by atoms with van der Waals surface area (Å²) in [7, 11) is 0. The number of carbonyl (C=O) groups is 2. The predicted octanol–water partition coefficient (Wildman–Crippen LogP) is 3.14. The molecule has 0 radical (unpaired) electrons. The van der Waals surface area contributed by atoms with Crippen LogP contribution < -0.4 is 5.48 Å². The van der Waals surface area contributed by atoms with E-state index in [9.17, 15) is 22.8 Å². The molecule has 0 amide bonds. The molecule has 0 unspecified atom stereocenters. The molecule has 0 aliphatic heterocycles. The van der Waals surface area contributed by atoms with E-state index >= 15 is 0 Å². The number of nitrogens with zero attached hydrogens (tertiary/aromatic N) is 1. The van der Waals surface area contributed by atoms with Crippen molar-refractivity contribution in [1.29, 1.82) is 0 Å². The third kappa shape index (κ3) is 5.10. The van der Waals surface area contributed by atoms with E-state index in [4.69, 9.17) is 9.84 Å². The summed E-state index contributed by atoms with van der Waals surface area (Å²) in [4.78, 5) is 28.3. The number of alkyl halides is 3. The molecule has 0 aliphatic carbocycles. The van der Waals surface area contributed by atoms with Crippen LogP contribution in [-0.2, 0) is 15.8 Å². The minimum atomic E-state index is -4.93. The molecule has 0 aliphatic rings. The lowest BCUT2D eigenvalue weighted by molar-refractivity contribution is -0.141. The van der Waals surface area contributed by atoms with Gasteiger partial charge in [0.2, 0.25) is 5.13 Å². The maximum atomic E-state index is 12.6. The molecule has 21 heavy (non-hydrogen) atoms. The van der Waals surface area contributed by atoms with Crippen LogP contribution in [0.2, 0.25) is 0 Å². The fourth-order valence-electron chi connectivity index (χ4n) is 1.06. The molecule has 0 aromatic carbocycles. The van der Waals surface area contributed by atoms with Crippen molar-refractivity contribution in [3.05, 3.63) is 10.6 Å². The Kier molecular flexibility index (Phi) is 4.66. The predicted molar refractivity (Wildman–Crippen MR) is 65.0 cm³/mol. The van der Waals surface area contributed by atoms with Crippen LogP contribution in [0.25, 0.3) is 0 Å². The number of hydrogen-bond donors (Lipinski definition) is 2. The van der Waals surface area contributed by atoms with Gasteiger partial charge >= 0.3 is 18.3 Å². The van der Waals surface area contributed by atoms with Gasteiger partial charge in [-0.05, 0) is 20.8 Å². The van der Waals surface area contributed by atoms with Crippen LogP contribution in [0.15, 0.2) is 0 Å². The van der Waals surface area contributed by atoms with Gasteiger partial charge < -0.3 is 14.7 Å². The van der Waals surface area contributed by atoms with Gasteiger partial charge in [-0.15, -0.1) is 0 Å². The quantitative estimate of drug-likeness (QED) is 0.649. The Bertz CT molecular complexity index is 550. The average molecular weight is 328 g/mol. The van der Waals surface area contributed by atoms with Crippen LogP contribution in [0, 0.1) is 0 Å². The van der Waals surface area contributed by atoms with E-state index in [0.717, 1.165) is 0 Å². The lowest BCUT2D eigenvalue weighted by atomic mass is 10.2. The van der Waals surface area contributed by atoms with Gasteiger partial charge in [0.1, 0.15) is 10.5 Å². The Morgan fingerprint density at radius 2 is 1.86 bits per heavy atom. The van der Waals surface area contributed by atoms with Crippen molar-refractivity contribution >= 4 is 28.6 Å². The molecular formula is C10H11F3N2O5S. The first-order valence-corrected chi connectivity index (χ1v) is 6.19. The molecule has 0 saturated carbocycles. The lowest BCUT2D eigenvalue weighted by Crippen LogP contribution is -2.25. The maximum absolute atomic E-state index is 12.6. The van der Waals surface area contributed by atoms with Crippen molar-refractivity contribution in [1.82, 2.24) is 4.98 Å². The Morgan fingerprint density at radius 3 is 2.24 bits per heavy atom. The summed E-state index contributed by atoms with van der Waals surface area (Å²) >= 11 is 0.180. The van der Waals surface area contributed by atoms with Gasteiger partial charge in [0.15, 0.2) is 5.69 Å². The van der Waals surface area contributed by atoms with Crippen molar-refractivity contribution in [2.24, 2.45) is 0 Å². The Labute approximate surface area is 120 Å². The summed E-state index contributed by atoms with van der Waals surface area (Å²) in [6.45, 7) is 4.67. The molecule has 1 aromatic heterocycles. The van der Waals surface area contributed by atoms with E-state index in [-0.39, 0.29) is 11.3 Å². The number of rotatable bonds is 3. The summed E-state index contributed by atoms with van der Waals surface area (Å²) in [6.07, 6.45) is -6.13. The van der Waals surface area contributed by atoms with Gasteiger partial charge in [-0.2, -0.15) is 18.7 Å². The highest BCUT2D eigenvalue weighted by atomic mass is 32.1. The summed E-state index contributed by atoms with van der Waals surface area (Å²) in [6, 6.07) is 0. The number of carboxylic acid groups (broad SMARTS) is 1. The van der Waals surface area contributed by atoms with Gasteiger partial charge in [0, 0.05) is 0 Å². The monoisotopic (exact) mass is 328 g/mol. The molecule has 0 fully saturated rings. The normalized spacial score (nSPS) is 11.9. The first kappa shape index (κ1) is 17.0. The van der Waals surface area contributed by atoms with Gasteiger partial charge in [-0.1, -0.05) is 11.3 Å².